The standard InChI is InChI=1S/C8H7BrFN3/c1-13-7-2-4(10)5(11)3-6(7)12-8(13)9/h2-3H,11H2,1H3. The van der Waals surface area contributed by atoms with E-state index in [9.17, 15) is 4.39 Å². The predicted octanol–water partition coefficient (Wildman–Crippen LogP) is 2.06. The number of anilines is 1. The summed E-state index contributed by atoms with van der Waals surface area (Å²) in [6.07, 6.45) is 0. The summed E-state index contributed by atoms with van der Waals surface area (Å²) in [5.74, 6) is -0.414. The summed E-state index contributed by atoms with van der Waals surface area (Å²) < 4.78 is 15.5. The van der Waals surface area contributed by atoms with Gasteiger partial charge in [0, 0.05) is 13.1 Å². The molecular formula is C8H7BrFN3. The fourth-order valence-electron chi connectivity index (χ4n) is 1.20. The van der Waals surface area contributed by atoms with Crippen LogP contribution in [0.4, 0.5) is 10.1 Å². The Morgan fingerprint density at radius 1 is 1.54 bits per heavy atom. The van der Waals surface area contributed by atoms with Gasteiger partial charge in [0.15, 0.2) is 4.73 Å². The number of rotatable bonds is 0. The minimum absolute atomic E-state index is 0.123. The number of aromatic nitrogens is 2. The van der Waals surface area contributed by atoms with E-state index in [1.54, 1.807) is 11.6 Å². The smallest absolute Gasteiger partial charge is 0.177 e. The van der Waals surface area contributed by atoms with Crippen molar-refractivity contribution < 1.29 is 4.39 Å². The predicted molar refractivity (Wildman–Crippen MR) is 52.8 cm³/mol. The van der Waals surface area contributed by atoms with E-state index in [0.29, 0.717) is 10.3 Å². The van der Waals surface area contributed by atoms with E-state index in [-0.39, 0.29) is 5.69 Å². The zero-order valence-electron chi connectivity index (χ0n) is 6.88. The van der Waals surface area contributed by atoms with Gasteiger partial charge in [-0.2, -0.15) is 0 Å². The largest absolute Gasteiger partial charge is 0.396 e. The van der Waals surface area contributed by atoms with Gasteiger partial charge in [-0.15, -0.1) is 0 Å². The molecule has 3 nitrogen and oxygen atoms in total. The molecule has 13 heavy (non-hydrogen) atoms. The van der Waals surface area contributed by atoms with Gasteiger partial charge in [-0.1, -0.05) is 0 Å². The number of nitrogens with two attached hydrogens (primary N) is 1. The van der Waals surface area contributed by atoms with Gasteiger partial charge in [0.1, 0.15) is 5.82 Å². The molecule has 0 aliphatic heterocycles. The molecule has 2 N–H and O–H groups in total. The number of nitrogens with zero attached hydrogens (tertiary/aromatic N) is 2. The topological polar surface area (TPSA) is 43.8 Å². The lowest BCUT2D eigenvalue weighted by Gasteiger charge is -1.97. The Balaban J connectivity index is 2.89. The quantitative estimate of drug-likeness (QED) is 0.721. The highest BCUT2D eigenvalue weighted by molar-refractivity contribution is 9.10. The van der Waals surface area contributed by atoms with Crippen LogP contribution in [-0.2, 0) is 7.05 Å². The van der Waals surface area contributed by atoms with E-state index in [1.165, 1.54) is 12.1 Å². The Hall–Kier alpha value is -1.10. The summed E-state index contributed by atoms with van der Waals surface area (Å²) >= 11 is 3.25. The average molecular weight is 244 g/mol. The fraction of sp³-hybridized carbons (Fsp3) is 0.125. The monoisotopic (exact) mass is 243 g/mol. The zero-order valence-corrected chi connectivity index (χ0v) is 8.47. The summed E-state index contributed by atoms with van der Waals surface area (Å²) in [4.78, 5) is 4.15. The summed E-state index contributed by atoms with van der Waals surface area (Å²) in [5, 5.41) is 0. The number of imidazole rings is 1. The molecule has 0 unspecified atom stereocenters. The minimum Gasteiger partial charge on any atom is -0.396 e. The maximum absolute atomic E-state index is 13.1. The van der Waals surface area contributed by atoms with E-state index < -0.39 is 5.82 Å². The third-order valence-electron chi connectivity index (χ3n) is 1.94. The second-order valence-corrected chi connectivity index (χ2v) is 3.51. The van der Waals surface area contributed by atoms with Crippen LogP contribution in [0, 0.1) is 5.82 Å². The van der Waals surface area contributed by atoms with Gasteiger partial charge in [-0.05, 0) is 22.0 Å². The molecule has 0 spiro atoms. The Kier molecular flexibility index (Phi) is 1.76. The molecule has 0 bridgehead atoms. The van der Waals surface area contributed by atoms with Crippen LogP contribution in [0.15, 0.2) is 16.9 Å². The van der Waals surface area contributed by atoms with Crippen LogP contribution in [0.2, 0.25) is 0 Å². The molecule has 0 fully saturated rings. The number of nitrogen functional groups attached to an aromatic ring is 1. The molecule has 0 atom stereocenters. The number of hydrogen-bond donors (Lipinski definition) is 1. The maximum Gasteiger partial charge on any atom is 0.177 e. The number of aryl methyl sites for hydroxylation is 1. The van der Waals surface area contributed by atoms with Crippen molar-refractivity contribution in [3.63, 3.8) is 0 Å². The van der Waals surface area contributed by atoms with Gasteiger partial charge in [0.05, 0.1) is 16.7 Å². The van der Waals surface area contributed by atoms with Crippen LogP contribution in [0.5, 0.6) is 0 Å². The van der Waals surface area contributed by atoms with Crippen LogP contribution < -0.4 is 5.73 Å². The van der Waals surface area contributed by atoms with E-state index in [4.69, 9.17) is 5.73 Å². The average Bonchev–Trinajstić information content (AvgIpc) is 2.32. The van der Waals surface area contributed by atoms with E-state index in [2.05, 4.69) is 20.9 Å². The molecule has 2 rings (SSSR count). The Morgan fingerprint density at radius 2 is 2.23 bits per heavy atom. The second-order valence-electron chi connectivity index (χ2n) is 2.80. The van der Waals surface area contributed by atoms with Crippen molar-refractivity contribution in [2.45, 2.75) is 0 Å². The SMILES string of the molecule is Cn1c(Br)nc2cc(N)c(F)cc21. The third-order valence-corrected chi connectivity index (χ3v) is 2.65. The van der Waals surface area contributed by atoms with Crippen LogP contribution in [0.1, 0.15) is 0 Å². The first kappa shape index (κ1) is 8.50. The third kappa shape index (κ3) is 1.19. The molecular weight excluding hydrogens is 237 g/mol. The number of benzene rings is 1. The van der Waals surface area contributed by atoms with Gasteiger partial charge < -0.3 is 10.3 Å². The number of fused-ring (bicyclic) bond motifs is 1. The summed E-state index contributed by atoms with van der Waals surface area (Å²) in [7, 11) is 1.80. The summed E-state index contributed by atoms with van der Waals surface area (Å²) in [5.41, 5.74) is 6.94. The van der Waals surface area contributed by atoms with Gasteiger partial charge in [-0.25, -0.2) is 9.37 Å². The number of halogens is 2. The first-order valence-corrected chi connectivity index (χ1v) is 4.46. The van der Waals surface area contributed by atoms with Crippen molar-refractivity contribution >= 4 is 32.7 Å². The molecule has 1 heterocycles. The lowest BCUT2D eigenvalue weighted by molar-refractivity contribution is 0.633. The normalized spacial score (nSPS) is 11.0. The van der Waals surface area contributed by atoms with Crippen molar-refractivity contribution in [1.29, 1.82) is 0 Å². The summed E-state index contributed by atoms with van der Waals surface area (Å²) in [6, 6.07) is 2.90. The highest BCUT2D eigenvalue weighted by atomic mass is 79.9. The van der Waals surface area contributed by atoms with E-state index in [1.807, 2.05) is 0 Å². The van der Waals surface area contributed by atoms with Gasteiger partial charge in [0.25, 0.3) is 0 Å². The Morgan fingerprint density at radius 3 is 2.92 bits per heavy atom. The highest BCUT2D eigenvalue weighted by Crippen LogP contribution is 2.22. The molecule has 0 amide bonds. The Labute approximate surface area is 82.5 Å². The molecule has 0 aliphatic rings. The maximum atomic E-state index is 13.1. The molecule has 5 heteroatoms. The Bertz CT molecular complexity index is 478. The molecule has 0 aliphatic carbocycles. The lowest BCUT2D eigenvalue weighted by Crippen LogP contribution is -1.92. The van der Waals surface area contributed by atoms with Crippen molar-refractivity contribution in [2.75, 3.05) is 5.73 Å². The first-order valence-electron chi connectivity index (χ1n) is 3.66. The molecule has 0 radical (unpaired) electrons. The highest BCUT2D eigenvalue weighted by Gasteiger charge is 2.08. The van der Waals surface area contributed by atoms with Gasteiger partial charge >= 0.3 is 0 Å². The van der Waals surface area contributed by atoms with E-state index >= 15 is 0 Å². The van der Waals surface area contributed by atoms with Crippen LogP contribution in [-0.4, -0.2) is 9.55 Å². The zero-order chi connectivity index (χ0) is 9.59. The van der Waals surface area contributed by atoms with Crippen LogP contribution in [0.25, 0.3) is 11.0 Å². The summed E-state index contributed by atoms with van der Waals surface area (Å²) in [6.45, 7) is 0. The van der Waals surface area contributed by atoms with Gasteiger partial charge in [0.2, 0.25) is 0 Å². The van der Waals surface area contributed by atoms with Gasteiger partial charge in [-0.3, -0.25) is 0 Å². The number of hydrogen-bond acceptors (Lipinski definition) is 2. The minimum atomic E-state index is -0.414. The molecule has 1 aromatic heterocycles. The van der Waals surface area contributed by atoms with Crippen molar-refractivity contribution in [3.05, 3.63) is 22.7 Å². The van der Waals surface area contributed by atoms with E-state index in [0.717, 1.165) is 5.52 Å². The molecule has 0 saturated carbocycles. The second kappa shape index (κ2) is 2.70. The molecule has 1 aromatic carbocycles. The van der Waals surface area contributed by atoms with Crippen molar-refractivity contribution in [3.8, 4) is 0 Å². The van der Waals surface area contributed by atoms with Crippen LogP contribution in [0.3, 0.4) is 0 Å². The fourth-order valence-corrected chi connectivity index (χ4v) is 1.58. The molecule has 68 valence electrons. The lowest BCUT2D eigenvalue weighted by atomic mass is 10.2. The molecule has 0 saturated heterocycles. The first-order chi connectivity index (χ1) is 6.09. The van der Waals surface area contributed by atoms with Crippen molar-refractivity contribution in [1.82, 2.24) is 9.55 Å². The van der Waals surface area contributed by atoms with Crippen molar-refractivity contribution in [2.24, 2.45) is 7.05 Å². The van der Waals surface area contributed by atoms with Crippen LogP contribution >= 0.6 is 15.9 Å². The molecule has 2 aromatic rings.